The van der Waals surface area contributed by atoms with Gasteiger partial charge in [0, 0.05) is 28.9 Å². The van der Waals surface area contributed by atoms with E-state index >= 15 is 0 Å². The van der Waals surface area contributed by atoms with Gasteiger partial charge in [-0.15, -0.1) is 11.6 Å². The molecule has 2 heterocycles. The molecule has 3 rings (SSSR count). The highest BCUT2D eigenvalue weighted by Gasteiger charge is 2.32. The van der Waals surface area contributed by atoms with Crippen molar-refractivity contribution < 1.29 is 4.79 Å². The first-order chi connectivity index (χ1) is 12.6. The Labute approximate surface area is 172 Å². The summed E-state index contributed by atoms with van der Waals surface area (Å²) in [5.41, 5.74) is 1.11. The van der Waals surface area contributed by atoms with Gasteiger partial charge in [-0.3, -0.25) is 14.7 Å². The van der Waals surface area contributed by atoms with Crippen molar-refractivity contribution in [3.63, 3.8) is 0 Å². The van der Waals surface area contributed by atoms with Crippen LogP contribution in [0.4, 0.5) is 5.69 Å². The van der Waals surface area contributed by atoms with E-state index < -0.39 is 0 Å². The Hall–Kier alpha value is -1.08. The van der Waals surface area contributed by atoms with Crippen LogP contribution in [0.15, 0.2) is 50.2 Å². The lowest BCUT2D eigenvalue weighted by Gasteiger charge is -2.17. The zero-order valence-corrected chi connectivity index (χ0v) is 17.7. The number of carbonyl (C=O) groups is 1. The van der Waals surface area contributed by atoms with Crippen molar-refractivity contribution in [2.75, 3.05) is 30.4 Å². The normalized spacial score (nSPS) is 21.5. The number of halogens is 2. The number of aliphatic imine (C=N–C) groups is 1. The number of amides is 1. The topological polar surface area (TPSA) is 35.9 Å². The summed E-state index contributed by atoms with van der Waals surface area (Å²) in [5.74, 6) is 0.441. The maximum absolute atomic E-state index is 12.6. The highest BCUT2D eigenvalue weighted by molar-refractivity contribution is 8.18. The molecule has 0 radical (unpaired) electrons. The smallest absolute Gasteiger partial charge is 0.266 e. The van der Waals surface area contributed by atoms with Gasteiger partial charge in [0.2, 0.25) is 0 Å². The Bertz CT molecular complexity index is 808. The molecule has 0 aromatic heterocycles. The molecule has 1 fully saturated rings. The second kappa shape index (κ2) is 8.74. The van der Waals surface area contributed by atoms with Gasteiger partial charge in [-0.25, -0.2) is 0 Å². The maximum Gasteiger partial charge on any atom is 0.266 e. The largest absolute Gasteiger partial charge is 0.335 e. The summed E-state index contributed by atoms with van der Waals surface area (Å²) < 4.78 is 0. The van der Waals surface area contributed by atoms with Crippen molar-refractivity contribution in [2.45, 2.75) is 18.7 Å². The number of amidine groups is 1. The van der Waals surface area contributed by atoms with Crippen molar-refractivity contribution in [2.24, 2.45) is 4.99 Å². The maximum atomic E-state index is 12.6. The highest BCUT2D eigenvalue weighted by Crippen LogP contribution is 2.47. The number of fused-ring (bicyclic) bond motifs is 1. The minimum atomic E-state index is -0.00530. The Morgan fingerprint density at radius 1 is 1.15 bits per heavy atom. The van der Waals surface area contributed by atoms with Crippen LogP contribution < -0.4 is 4.90 Å². The quantitative estimate of drug-likeness (QED) is 0.478. The number of nitrogens with zero attached hydrogens (tertiary/aromatic N) is 3. The molecule has 1 saturated heterocycles. The predicted molar refractivity (Wildman–Crippen MR) is 114 cm³/mol. The number of likely N-dealkylation sites (N-methyl/N-ethyl adjacent to an activating group) is 1. The lowest BCUT2D eigenvalue weighted by atomic mass is 10.3. The Balaban J connectivity index is 1.86. The molecular formula is C18H19Cl2N3OS2. The van der Waals surface area contributed by atoms with Gasteiger partial charge in [0.15, 0.2) is 5.17 Å². The van der Waals surface area contributed by atoms with Gasteiger partial charge in [0.25, 0.3) is 5.91 Å². The monoisotopic (exact) mass is 427 g/mol. The van der Waals surface area contributed by atoms with Crippen molar-refractivity contribution in [1.29, 1.82) is 0 Å². The first-order valence-corrected chi connectivity index (χ1v) is 10.9. The molecule has 1 aromatic carbocycles. The summed E-state index contributed by atoms with van der Waals surface area (Å²) in [6.07, 6.45) is 3.89. The second-order valence-electron chi connectivity index (χ2n) is 5.50. The number of hydrogen-bond acceptors (Lipinski definition) is 5. The molecule has 4 nitrogen and oxygen atoms in total. The third-order valence-corrected chi connectivity index (χ3v) is 6.52. The third-order valence-electron chi connectivity index (χ3n) is 3.92. The van der Waals surface area contributed by atoms with E-state index in [1.54, 1.807) is 16.7 Å². The molecule has 0 N–H and O–H groups in total. The Morgan fingerprint density at radius 3 is 2.62 bits per heavy atom. The first-order valence-electron chi connectivity index (χ1n) is 8.36. The van der Waals surface area contributed by atoms with Gasteiger partial charge < -0.3 is 4.90 Å². The van der Waals surface area contributed by atoms with Crippen LogP contribution in [0, 0.1) is 0 Å². The Kier molecular flexibility index (Phi) is 6.61. The standard InChI is InChI=1S/C18H19Cl2N3OS2/c1-3-22-13-11-12(20)5-6-14(13)25-16(22)8-7-15-17(24)23(4-2)18(26-15)21-10-9-19/h5-8,11H,3-4,9-10H2,1-2H3. The van der Waals surface area contributed by atoms with Crippen LogP contribution >= 0.6 is 46.7 Å². The molecule has 8 heteroatoms. The molecule has 0 bridgehead atoms. The van der Waals surface area contributed by atoms with Gasteiger partial charge in [-0.05, 0) is 56.0 Å². The molecule has 0 spiro atoms. The summed E-state index contributed by atoms with van der Waals surface area (Å²) in [4.78, 5) is 22.7. The van der Waals surface area contributed by atoms with Crippen LogP contribution in [0.25, 0.3) is 0 Å². The molecule has 2 aliphatic heterocycles. The number of benzene rings is 1. The average molecular weight is 428 g/mol. The summed E-state index contributed by atoms with van der Waals surface area (Å²) in [6.45, 7) is 5.99. The predicted octanol–water partition coefficient (Wildman–Crippen LogP) is 5.19. The van der Waals surface area contributed by atoms with E-state index in [9.17, 15) is 4.79 Å². The molecular weight excluding hydrogens is 409 g/mol. The average Bonchev–Trinajstić information content (AvgIpc) is 3.14. The second-order valence-corrected chi connectivity index (χ2v) is 8.38. The molecule has 26 heavy (non-hydrogen) atoms. The minimum Gasteiger partial charge on any atom is -0.335 e. The van der Waals surface area contributed by atoms with Gasteiger partial charge in [0.1, 0.15) is 0 Å². The number of thioether (sulfide) groups is 2. The van der Waals surface area contributed by atoms with Crippen LogP contribution in [0.1, 0.15) is 13.8 Å². The van der Waals surface area contributed by atoms with E-state index in [0.29, 0.717) is 23.9 Å². The SMILES string of the molecule is CCN1C(=O)C(=CC=C2Sc3ccc(Cl)cc3N2CC)SC1=NCCCl. The molecule has 1 amide bonds. The molecule has 0 unspecified atom stereocenters. The van der Waals surface area contributed by atoms with E-state index in [4.69, 9.17) is 23.2 Å². The van der Waals surface area contributed by atoms with Gasteiger partial charge >= 0.3 is 0 Å². The fourth-order valence-corrected chi connectivity index (χ4v) is 5.10. The fourth-order valence-electron chi connectivity index (χ4n) is 2.73. The third kappa shape index (κ3) is 3.93. The molecule has 1 aromatic rings. The number of carbonyl (C=O) groups excluding carboxylic acids is 1. The lowest BCUT2D eigenvalue weighted by molar-refractivity contribution is -0.122. The molecule has 2 aliphatic rings. The van der Waals surface area contributed by atoms with Crippen molar-refractivity contribution in [3.8, 4) is 0 Å². The van der Waals surface area contributed by atoms with Crippen molar-refractivity contribution in [3.05, 3.63) is 45.3 Å². The number of anilines is 1. The number of allylic oxidation sites excluding steroid dienone is 2. The van der Waals surface area contributed by atoms with Crippen LogP contribution in [0.3, 0.4) is 0 Å². The van der Waals surface area contributed by atoms with E-state index in [1.165, 1.54) is 16.7 Å². The number of hydrogen-bond donors (Lipinski definition) is 0. The van der Waals surface area contributed by atoms with Gasteiger partial charge in [-0.1, -0.05) is 23.4 Å². The van der Waals surface area contributed by atoms with Crippen LogP contribution in [-0.4, -0.2) is 41.5 Å². The van der Waals surface area contributed by atoms with E-state index in [0.717, 1.165) is 27.5 Å². The number of rotatable bonds is 5. The van der Waals surface area contributed by atoms with E-state index in [2.05, 4.69) is 16.8 Å². The summed E-state index contributed by atoms with van der Waals surface area (Å²) >= 11 is 14.9. The number of alkyl halides is 1. The minimum absolute atomic E-state index is 0.00530. The molecule has 0 aliphatic carbocycles. The first kappa shape index (κ1) is 19.7. The molecule has 0 saturated carbocycles. The van der Waals surface area contributed by atoms with Crippen LogP contribution in [0.5, 0.6) is 0 Å². The zero-order chi connectivity index (χ0) is 18.7. The van der Waals surface area contributed by atoms with Crippen LogP contribution in [0.2, 0.25) is 5.02 Å². The summed E-state index contributed by atoms with van der Waals surface area (Å²) in [6, 6.07) is 5.91. The molecule has 0 atom stereocenters. The van der Waals surface area contributed by atoms with E-state index in [-0.39, 0.29) is 5.91 Å². The lowest BCUT2D eigenvalue weighted by Crippen LogP contribution is -2.28. The summed E-state index contributed by atoms with van der Waals surface area (Å²) in [7, 11) is 0. The van der Waals surface area contributed by atoms with E-state index in [1.807, 2.05) is 37.3 Å². The zero-order valence-electron chi connectivity index (χ0n) is 14.5. The van der Waals surface area contributed by atoms with Gasteiger partial charge in [0.05, 0.1) is 22.2 Å². The fraction of sp³-hybridized carbons (Fsp3) is 0.333. The van der Waals surface area contributed by atoms with Gasteiger partial charge in [-0.2, -0.15) is 0 Å². The highest BCUT2D eigenvalue weighted by atomic mass is 35.5. The van der Waals surface area contributed by atoms with Crippen molar-refractivity contribution >= 4 is 63.5 Å². The molecule has 138 valence electrons. The van der Waals surface area contributed by atoms with Crippen LogP contribution in [-0.2, 0) is 4.79 Å². The summed E-state index contributed by atoms with van der Waals surface area (Å²) in [5, 5.41) is 2.53. The Morgan fingerprint density at radius 2 is 1.92 bits per heavy atom. The van der Waals surface area contributed by atoms with Crippen molar-refractivity contribution in [1.82, 2.24) is 4.90 Å².